The Bertz CT molecular complexity index is 1120. The maximum absolute atomic E-state index is 13.1. The summed E-state index contributed by atoms with van der Waals surface area (Å²) in [5.41, 5.74) is 9.33. The number of rotatable bonds is 12. The van der Waals surface area contributed by atoms with Crippen molar-refractivity contribution in [2.45, 2.75) is 29.4 Å². The summed E-state index contributed by atoms with van der Waals surface area (Å²) in [6.45, 7) is 0. The molecule has 0 aromatic heterocycles. The summed E-state index contributed by atoms with van der Waals surface area (Å²) in [5, 5.41) is 0. The van der Waals surface area contributed by atoms with Gasteiger partial charge in [-0.25, -0.2) is 13.1 Å². The molecule has 2 atom stereocenters. The molecule has 3 rings (SSSR count). The molecular weight excluding hydrogens is 468 g/mol. The van der Waals surface area contributed by atoms with Gasteiger partial charge in [-0.1, -0.05) is 72.8 Å². The van der Waals surface area contributed by atoms with Crippen molar-refractivity contribution in [3.63, 3.8) is 0 Å². The molecule has 0 saturated heterocycles. The van der Waals surface area contributed by atoms with Crippen LogP contribution in [0.25, 0.3) is 0 Å². The molecule has 0 spiro atoms. The van der Waals surface area contributed by atoms with Gasteiger partial charge in [0.25, 0.3) is 0 Å². The van der Waals surface area contributed by atoms with E-state index in [2.05, 4.69) is 4.72 Å². The Morgan fingerprint density at radius 1 is 0.794 bits per heavy atom. The molecular formula is C25H32N2O5SSi. The van der Waals surface area contributed by atoms with E-state index in [-0.39, 0.29) is 4.90 Å². The first-order valence-corrected chi connectivity index (χ1v) is 14.4. The molecule has 0 heterocycles. The summed E-state index contributed by atoms with van der Waals surface area (Å²) >= 11 is 0. The molecule has 0 bridgehead atoms. The first-order valence-electron chi connectivity index (χ1n) is 11.0. The second kappa shape index (κ2) is 11.9. The fourth-order valence-corrected chi connectivity index (χ4v) is 6.77. The number of nitrogens with one attached hydrogen (secondary N) is 1. The lowest BCUT2D eigenvalue weighted by Crippen LogP contribution is -2.43. The average molecular weight is 501 g/mol. The van der Waals surface area contributed by atoms with Gasteiger partial charge in [-0.05, 0) is 35.2 Å². The van der Waals surface area contributed by atoms with Crippen LogP contribution in [0, 0.1) is 0 Å². The summed E-state index contributed by atoms with van der Waals surface area (Å²) in [6, 6.07) is 24.9. The van der Waals surface area contributed by atoms with Crippen molar-refractivity contribution in [2.75, 3.05) is 21.3 Å². The third-order valence-electron chi connectivity index (χ3n) is 5.87. The highest BCUT2D eigenvalue weighted by molar-refractivity contribution is 7.89. The van der Waals surface area contributed by atoms with Crippen LogP contribution in [0.3, 0.4) is 0 Å². The Morgan fingerprint density at radius 3 is 1.85 bits per heavy atom. The van der Waals surface area contributed by atoms with Crippen LogP contribution in [0.2, 0.25) is 6.04 Å². The van der Waals surface area contributed by atoms with Gasteiger partial charge in [-0.2, -0.15) is 0 Å². The van der Waals surface area contributed by atoms with Gasteiger partial charge in [0.15, 0.2) is 0 Å². The Morgan fingerprint density at radius 2 is 1.32 bits per heavy atom. The Kier molecular flexibility index (Phi) is 9.14. The summed E-state index contributed by atoms with van der Waals surface area (Å²) in [5.74, 6) is 0. The highest BCUT2D eigenvalue weighted by Crippen LogP contribution is 2.29. The third-order valence-corrected chi connectivity index (χ3v) is 10.1. The van der Waals surface area contributed by atoms with Gasteiger partial charge in [0.05, 0.1) is 17.0 Å². The normalized spacial score (nSPS) is 14.0. The zero-order valence-electron chi connectivity index (χ0n) is 19.7. The molecule has 0 aliphatic heterocycles. The zero-order chi connectivity index (χ0) is 24.6. The number of nitrogens with two attached hydrogens (primary N) is 1. The lowest BCUT2D eigenvalue weighted by atomic mass is 9.94. The smallest absolute Gasteiger partial charge is 0.377 e. The minimum atomic E-state index is -3.77. The number of sulfonamides is 1. The first-order chi connectivity index (χ1) is 16.3. The van der Waals surface area contributed by atoms with Crippen molar-refractivity contribution in [1.29, 1.82) is 0 Å². The van der Waals surface area contributed by atoms with Crippen LogP contribution in [-0.4, -0.2) is 38.6 Å². The van der Waals surface area contributed by atoms with E-state index in [1.54, 1.807) is 51.7 Å². The maximum atomic E-state index is 13.1. The molecule has 0 aliphatic carbocycles. The second-order valence-corrected chi connectivity index (χ2v) is 12.7. The van der Waals surface area contributed by atoms with E-state index in [1.807, 2.05) is 54.6 Å². The van der Waals surface area contributed by atoms with E-state index in [1.165, 1.54) is 0 Å². The summed E-state index contributed by atoms with van der Waals surface area (Å²) in [4.78, 5) is 0.195. The largest absolute Gasteiger partial charge is 0.500 e. The van der Waals surface area contributed by atoms with Crippen molar-refractivity contribution in [2.24, 2.45) is 5.73 Å². The molecule has 0 fully saturated rings. The third kappa shape index (κ3) is 6.39. The number of benzene rings is 3. The van der Waals surface area contributed by atoms with E-state index in [0.717, 1.165) is 23.1 Å². The topological polar surface area (TPSA) is 99.9 Å². The molecule has 182 valence electrons. The SMILES string of the molecule is CO[Si](CCc1ccc(C(N)C(NS(=O)(=O)c2ccccc2)c2ccccc2)cc1)(OC)OC. The minimum absolute atomic E-state index is 0.195. The van der Waals surface area contributed by atoms with E-state index in [0.29, 0.717) is 6.04 Å². The fourth-order valence-electron chi connectivity index (χ4n) is 3.80. The van der Waals surface area contributed by atoms with Crippen LogP contribution in [0.4, 0.5) is 0 Å². The van der Waals surface area contributed by atoms with Crippen molar-refractivity contribution >= 4 is 18.8 Å². The van der Waals surface area contributed by atoms with Crippen LogP contribution < -0.4 is 10.5 Å². The Hall–Kier alpha value is -2.37. The first kappa shape index (κ1) is 26.2. The van der Waals surface area contributed by atoms with E-state index >= 15 is 0 Å². The van der Waals surface area contributed by atoms with Gasteiger partial charge >= 0.3 is 8.80 Å². The van der Waals surface area contributed by atoms with Crippen molar-refractivity contribution in [1.82, 2.24) is 4.72 Å². The molecule has 0 amide bonds. The van der Waals surface area contributed by atoms with Gasteiger partial charge in [0.2, 0.25) is 10.0 Å². The fraction of sp³-hybridized carbons (Fsp3) is 0.280. The highest BCUT2D eigenvalue weighted by atomic mass is 32.2. The molecule has 7 nitrogen and oxygen atoms in total. The van der Waals surface area contributed by atoms with Gasteiger partial charge in [-0.15, -0.1) is 0 Å². The lowest BCUT2D eigenvalue weighted by Gasteiger charge is -2.26. The quantitative estimate of drug-likeness (QED) is 0.367. The minimum Gasteiger partial charge on any atom is -0.377 e. The molecule has 2 unspecified atom stereocenters. The molecule has 3 aromatic carbocycles. The summed E-state index contributed by atoms with van der Waals surface area (Å²) in [6.07, 6.45) is 0.722. The van der Waals surface area contributed by atoms with E-state index < -0.39 is 30.9 Å². The van der Waals surface area contributed by atoms with Gasteiger partial charge in [0, 0.05) is 27.4 Å². The van der Waals surface area contributed by atoms with E-state index in [4.69, 9.17) is 19.0 Å². The number of aryl methyl sites for hydroxylation is 1. The molecule has 0 radical (unpaired) electrons. The number of hydrogen-bond donors (Lipinski definition) is 2. The maximum Gasteiger partial charge on any atom is 0.500 e. The highest BCUT2D eigenvalue weighted by Gasteiger charge is 2.37. The van der Waals surface area contributed by atoms with Crippen molar-refractivity contribution in [3.05, 3.63) is 102 Å². The van der Waals surface area contributed by atoms with Crippen LogP contribution in [0.15, 0.2) is 89.8 Å². The monoisotopic (exact) mass is 500 g/mol. The zero-order valence-corrected chi connectivity index (χ0v) is 21.5. The summed E-state index contributed by atoms with van der Waals surface area (Å²) < 4.78 is 45.4. The standard InChI is InChI=1S/C25H32N2O5SSi/c1-30-34(31-2,32-3)19-18-20-14-16-21(17-15-20)24(26)25(22-10-6-4-7-11-22)27-33(28,29)23-12-8-5-9-13-23/h4-17,24-25,27H,18-19,26H2,1-3H3. The second-order valence-electron chi connectivity index (χ2n) is 7.89. The van der Waals surface area contributed by atoms with Gasteiger partial charge < -0.3 is 19.0 Å². The number of hydrogen-bond acceptors (Lipinski definition) is 6. The molecule has 3 aromatic rings. The Balaban J connectivity index is 1.82. The molecule has 34 heavy (non-hydrogen) atoms. The lowest BCUT2D eigenvalue weighted by molar-refractivity contribution is 0.123. The van der Waals surface area contributed by atoms with Crippen LogP contribution in [0.1, 0.15) is 28.8 Å². The summed E-state index contributed by atoms with van der Waals surface area (Å²) in [7, 11) is -1.63. The van der Waals surface area contributed by atoms with E-state index in [9.17, 15) is 8.42 Å². The van der Waals surface area contributed by atoms with Crippen LogP contribution >= 0.6 is 0 Å². The molecule has 0 saturated carbocycles. The van der Waals surface area contributed by atoms with Crippen molar-refractivity contribution < 1.29 is 21.7 Å². The van der Waals surface area contributed by atoms with Gasteiger partial charge in [0.1, 0.15) is 0 Å². The van der Waals surface area contributed by atoms with Crippen molar-refractivity contribution in [3.8, 4) is 0 Å². The Labute approximate surface area is 203 Å². The van der Waals surface area contributed by atoms with Gasteiger partial charge in [-0.3, -0.25) is 0 Å². The van der Waals surface area contributed by atoms with Crippen LogP contribution in [0.5, 0.6) is 0 Å². The predicted molar refractivity (Wildman–Crippen MR) is 135 cm³/mol. The average Bonchev–Trinajstić information content (AvgIpc) is 2.89. The molecule has 9 heteroatoms. The molecule has 3 N–H and O–H groups in total. The van der Waals surface area contributed by atoms with Crippen LogP contribution in [-0.2, 0) is 29.7 Å². The predicted octanol–water partition coefficient (Wildman–Crippen LogP) is 3.83. The molecule has 0 aliphatic rings.